The van der Waals surface area contributed by atoms with Crippen LogP contribution in [0.15, 0.2) is 24.3 Å². The highest BCUT2D eigenvalue weighted by Gasteiger charge is 2.29. The first-order valence-corrected chi connectivity index (χ1v) is 9.71. The van der Waals surface area contributed by atoms with E-state index < -0.39 is 10.0 Å². The Hall–Kier alpha value is -2.13. The number of nitrogens with one attached hydrogen (secondary N) is 2. The van der Waals surface area contributed by atoms with Gasteiger partial charge in [0, 0.05) is 31.3 Å². The molecule has 1 fully saturated rings. The Morgan fingerprint density at radius 2 is 1.96 bits per heavy atom. The van der Waals surface area contributed by atoms with E-state index in [2.05, 4.69) is 10.0 Å². The standard InChI is InChI=1S/C16H23N3O5S/c1-3-25(22,23)18-13-6-4-12(5-7-13)16(21)19-8-9-24-11-14(19)10-15(20)17-2/h4-7,14,18H,3,8-11H2,1-2H3,(H,17,20)/t14-/m1/s1. The van der Waals surface area contributed by atoms with E-state index in [1.165, 1.54) is 0 Å². The Balaban J connectivity index is 2.11. The summed E-state index contributed by atoms with van der Waals surface area (Å²) in [6.07, 6.45) is 0.177. The third-order valence-electron chi connectivity index (χ3n) is 3.97. The molecule has 0 aromatic heterocycles. The summed E-state index contributed by atoms with van der Waals surface area (Å²) in [5.74, 6) is -0.387. The van der Waals surface area contributed by atoms with Crippen LogP contribution in [0.4, 0.5) is 5.69 Å². The van der Waals surface area contributed by atoms with Gasteiger partial charge in [-0.1, -0.05) is 0 Å². The van der Waals surface area contributed by atoms with Crippen molar-refractivity contribution in [2.45, 2.75) is 19.4 Å². The molecule has 0 bridgehead atoms. The predicted molar refractivity (Wildman–Crippen MR) is 93.9 cm³/mol. The van der Waals surface area contributed by atoms with Gasteiger partial charge in [0.15, 0.2) is 0 Å². The van der Waals surface area contributed by atoms with Crippen molar-refractivity contribution in [3.63, 3.8) is 0 Å². The van der Waals surface area contributed by atoms with Crippen LogP contribution in [0.1, 0.15) is 23.7 Å². The van der Waals surface area contributed by atoms with Gasteiger partial charge >= 0.3 is 0 Å². The Kier molecular flexibility index (Phi) is 6.38. The SMILES string of the molecule is CCS(=O)(=O)Nc1ccc(C(=O)N2CCOC[C@H]2CC(=O)NC)cc1. The van der Waals surface area contributed by atoms with E-state index >= 15 is 0 Å². The van der Waals surface area contributed by atoms with E-state index in [0.717, 1.165) is 0 Å². The highest BCUT2D eigenvalue weighted by molar-refractivity contribution is 7.92. The first-order chi connectivity index (χ1) is 11.9. The van der Waals surface area contributed by atoms with Crippen molar-refractivity contribution >= 4 is 27.5 Å². The molecule has 0 aliphatic carbocycles. The molecule has 1 atom stereocenters. The molecule has 0 radical (unpaired) electrons. The summed E-state index contributed by atoms with van der Waals surface area (Å²) in [4.78, 5) is 26.0. The van der Waals surface area contributed by atoms with E-state index in [1.807, 2.05) is 0 Å². The van der Waals surface area contributed by atoms with Gasteiger partial charge in [-0.15, -0.1) is 0 Å². The number of rotatable bonds is 6. The molecule has 1 aliphatic rings. The van der Waals surface area contributed by atoms with Crippen LogP contribution in [0, 0.1) is 0 Å². The van der Waals surface area contributed by atoms with Crippen molar-refractivity contribution in [2.24, 2.45) is 0 Å². The third-order valence-corrected chi connectivity index (χ3v) is 5.28. The summed E-state index contributed by atoms with van der Waals surface area (Å²) < 4.78 is 31.0. The Morgan fingerprint density at radius 1 is 1.28 bits per heavy atom. The molecular weight excluding hydrogens is 346 g/mol. The van der Waals surface area contributed by atoms with E-state index in [0.29, 0.717) is 31.0 Å². The number of sulfonamides is 1. The lowest BCUT2D eigenvalue weighted by Gasteiger charge is -2.35. The molecule has 1 aromatic carbocycles. The number of nitrogens with zero attached hydrogens (tertiary/aromatic N) is 1. The van der Waals surface area contributed by atoms with Gasteiger partial charge in [0.1, 0.15) is 0 Å². The lowest BCUT2D eigenvalue weighted by atomic mass is 10.1. The van der Waals surface area contributed by atoms with Crippen molar-refractivity contribution in [3.8, 4) is 0 Å². The maximum atomic E-state index is 12.7. The number of anilines is 1. The quantitative estimate of drug-likeness (QED) is 0.756. The monoisotopic (exact) mass is 369 g/mol. The zero-order chi connectivity index (χ0) is 18.4. The van der Waals surface area contributed by atoms with Crippen LogP contribution in [0.3, 0.4) is 0 Å². The number of hydrogen-bond acceptors (Lipinski definition) is 5. The molecule has 1 aliphatic heterocycles. The van der Waals surface area contributed by atoms with Crippen LogP contribution in [-0.2, 0) is 19.6 Å². The number of carbonyl (C=O) groups is 2. The second kappa shape index (κ2) is 8.30. The highest BCUT2D eigenvalue weighted by Crippen LogP contribution is 2.17. The van der Waals surface area contributed by atoms with Gasteiger partial charge < -0.3 is 15.0 Å². The van der Waals surface area contributed by atoms with E-state index in [1.54, 1.807) is 43.1 Å². The second-order valence-corrected chi connectivity index (χ2v) is 7.70. The molecule has 0 unspecified atom stereocenters. The van der Waals surface area contributed by atoms with Crippen LogP contribution in [0.5, 0.6) is 0 Å². The summed E-state index contributed by atoms with van der Waals surface area (Å²) in [5, 5.41) is 2.55. The molecule has 2 rings (SSSR count). The van der Waals surface area contributed by atoms with Crippen molar-refractivity contribution in [3.05, 3.63) is 29.8 Å². The lowest BCUT2D eigenvalue weighted by molar-refractivity contribution is -0.123. The molecule has 25 heavy (non-hydrogen) atoms. The van der Waals surface area contributed by atoms with Gasteiger partial charge in [0.2, 0.25) is 15.9 Å². The fourth-order valence-electron chi connectivity index (χ4n) is 2.51. The molecule has 0 spiro atoms. The molecule has 1 aromatic rings. The Morgan fingerprint density at radius 3 is 2.56 bits per heavy atom. The fraction of sp³-hybridized carbons (Fsp3) is 0.500. The number of morpholine rings is 1. The minimum atomic E-state index is -3.36. The van der Waals surface area contributed by atoms with E-state index in [-0.39, 0.29) is 30.0 Å². The van der Waals surface area contributed by atoms with Gasteiger partial charge in [-0.3, -0.25) is 14.3 Å². The smallest absolute Gasteiger partial charge is 0.254 e. The first kappa shape index (κ1) is 19.2. The van der Waals surface area contributed by atoms with Gasteiger partial charge in [-0.05, 0) is 31.2 Å². The number of amides is 2. The summed E-state index contributed by atoms with van der Waals surface area (Å²) in [6, 6.07) is 5.92. The summed E-state index contributed by atoms with van der Waals surface area (Å²) in [5.41, 5.74) is 0.838. The third kappa shape index (κ3) is 5.17. The van der Waals surface area contributed by atoms with Gasteiger partial charge in [-0.25, -0.2) is 8.42 Å². The molecule has 1 saturated heterocycles. The van der Waals surface area contributed by atoms with Crippen molar-refractivity contribution < 1.29 is 22.7 Å². The number of benzene rings is 1. The zero-order valence-corrected chi connectivity index (χ0v) is 15.1. The fourth-order valence-corrected chi connectivity index (χ4v) is 3.15. The molecule has 2 amide bonds. The van der Waals surface area contributed by atoms with Crippen LogP contribution < -0.4 is 10.0 Å². The predicted octanol–water partition coefficient (Wildman–Crippen LogP) is 0.425. The van der Waals surface area contributed by atoms with Crippen molar-refractivity contribution in [1.82, 2.24) is 10.2 Å². The Bertz CT molecular complexity index is 718. The molecule has 8 nitrogen and oxygen atoms in total. The minimum Gasteiger partial charge on any atom is -0.377 e. The van der Waals surface area contributed by atoms with Crippen molar-refractivity contribution in [2.75, 3.05) is 37.3 Å². The normalized spacial score (nSPS) is 17.8. The molecular formula is C16H23N3O5S. The maximum absolute atomic E-state index is 12.7. The summed E-state index contributed by atoms with van der Waals surface area (Å²) in [6.45, 7) is 2.69. The highest BCUT2D eigenvalue weighted by atomic mass is 32.2. The van der Waals surface area contributed by atoms with Gasteiger partial charge in [0.05, 0.1) is 25.0 Å². The number of carbonyl (C=O) groups excluding carboxylic acids is 2. The largest absolute Gasteiger partial charge is 0.377 e. The van der Waals surface area contributed by atoms with E-state index in [9.17, 15) is 18.0 Å². The van der Waals surface area contributed by atoms with Gasteiger partial charge in [-0.2, -0.15) is 0 Å². The molecule has 1 heterocycles. The zero-order valence-electron chi connectivity index (χ0n) is 14.3. The van der Waals surface area contributed by atoms with E-state index in [4.69, 9.17) is 4.74 Å². The number of ether oxygens (including phenoxy) is 1. The molecule has 2 N–H and O–H groups in total. The second-order valence-electron chi connectivity index (χ2n) is 5.69. The summed E-state index contributed by atoms with van der Waals surface area (Å²) >= 11 is 0. The summed E-state index contributed by atoms with van der Waals surface area (Å²) in [7, 11) is -1.81. The average molecular weight is 369 g/mol. The first-order valence-electron chi connectivity index (χ1n) is 8.06. The van der Waals surface area contributed by atoms with Crippen molar-refractivity contribution in [1.29, 1.82) is 0 Å². The van der Waals surface area contributed by atoms with Crippen LogP contribution in [0.2, 0.25) is 0 Å². The maximum Gasteiger partial charge on any atom is 0.254 e. The Labute approximate surface area is 147 Å². The van der Waals surface area contributed by atoms with Crippen LogP contribution in [-0.4, -0.2) is 63.7 Å². The van der Waals surface area contributed by atoms with Crippen LogP contribution in [0.25, 0.3) is 0 Å². The molecule has 138 valence electrons. The molecule has 9 heteroatoms. The lowest BCUT2D eigenvalue weighted by Crippen LogP contribution is -2.50. The van der Waals surface area contributed by atoms with Gasteiger partial charge in [0.25, 0.3) is 5.91 Å². The minimum absolute atomic E-state index is 0.0252. The topological polar surface area (TPSA) is 105 Å². The molecule has 0 saturated carbocycles. The number of hydrogen-bond donors (Lipinski definition) is 2. The average Bonchev–Trinajstić information content (AvgIpc) is 2.62. The van der Waals surface area contributed by atoms with Crippen LogP contribution >= 0.6 is 0 Å².